The van der Waals surface area contributed by atoms with E-state index in [4.69, 9.17) is 10.8 Å². The Hall–Kier alpha value is -1.30. The van der Waals surface area contributed by atoms with Crippen molar-refractivity contribution in [1.29, 1.82) is 0 Å². The van der Waals surface area contributed by atoms with E-state index in [0.717, 1.165) is 6.42 Å². The molecule has 0 saturated heterocycles. The van der Waals surface area contributed by atoms with Gasteiger partial charge in [0.15, 0.2) is 0 Å². The van der Waals surface area contributed by atoms with Gasteiger partial charge < -0.3 is 21.1 Å². The lowest BCUT2D eigenvalue weighted by Crippen LogP contribution is -2.52. The molecule has 16 heavy (non-hydrogen) atoms. The Morgan fingerprint density at radius 2 is 2.00 bits per heavy atom. The van der Waals surface area contributed by atoms with Crippen LogP contribution in [0.1, 0.15) is 19.3 Å². The molecule has 3 atom stereocenters. The Labute approximate surface area is 94.8 Å². The van der Waals surface area contributed by atoms with E-state index in [-0.39, 0.29) is 23.9 Å². The predicted molar refractivity (Wildman–Crippen MR) is 59.0 cm³/mol. The predicted octanol–water partition coefficient (Wildman–Crippen LogP) is -0.162. The maximum absolute atomic E-state index is 11.7. The van der Waals surface area contributed by atoms with Crippen molar-refractivity contribution in [3.8, 4) is 0 Å². The van der Waals surface area contributed by atoms with Gasteiger partial charge in [0.05, 0.1) is 0 Å². The lowest BCUT2D eigenvalue weighted by atomic mass is 9.82. The largest absolute Gasteiger partial charge is 0.465 e. The molecule has 0 spiro atoms. The van der Waals surface area contributed by atoms with Gasteiger partial charge in [-0.05, 0) is 19.3 Å². The van der Waals surface area contributed by atoms with Crippen molar-refractivity contribution in [3.63, 3.8) is 0 Å². The third-order valence-corrected chi connectivity index (χ3v) is 3.00. The summed E-state index contributed by atoms with van der Waals surface area (Å²) in [6.45, 7) is 0. The normalized spacial score (nSPS) is 29.6. The fourth-order valence-electron chi connectivity index (χ4n) is 2.11. The average Bonchev–Trinajstić information content (AvgIpc) is 2.19. The molecule has 0 bridgehead atoms. The first-order chi connectivity index (χ1) is 7.41. The molecular formula is C10H19N3O3. The van der Waals surface area contributed by atoms with Crippen LogP contribution in [-0.2, 0) is 4.79 Å². The number of carbonyl (C=O) groups is 2. The van der Waals surface area contributed by atoms with Gasteiger partial charge in [0.2, 0.25) is 5.91 Å². The molecule has 4 N–H and O–H groups in total. The molecule has 0 aromatic carbocycles. The topological polar surface area (TPSA) is 95.7 Å². The highest BCUT2D eigenvalue weighted by atomic mass is 16.4. The summed E-state index contributed by atoms with van der Waals surface area (Å²) in [5.74, 6) is -0.0734. The molecule has 1 aliphatic rings. The number of amides is 2. The molecule has 1 rings (SSSR count). The summed E-state index contributed by atoms with van der Waals surface area (Å²) >= 11 is 0. The molecule has 0 unspecified atom stereocenters. The number of hydrogen-bond donors (Lipinski definition) is 3. The number of carboxylic acid groups (broad SMARTS) is 1. The number of rotatable bonds is 2. The minimum atomic E-state index is -1.08. The SMILES string of the molecule is CN(C)C(=O)[C@H]1CC[C@@H](N)[C@H](NC(=O)O)C1. The molecule has 0 aliphatic heterocycles. The highest BCUT2D eigenvalue weighted by Gasteiger charge is 2.33. The van der Waals surface area contributed by atoms with Crippen molar-refractivity contribution in [2.24, 2.45) is 11.7 Å². The Balaban J connectivity index is 2.60. The second-order valence-electron chi connectivity index (χ2n) is 4.46. The van der Waals surface area contributed by atoms with Gasteiger partial charge in [0, 0.05) is 32.1 Å². The van der Waals surface area contributed by atoms with Gasteiger partial charge in [0.25, 0.3) is 0 Å². The molecule has 1 saturated carbocycles. The molecule has 6 heteroatoms. The number of nitrogens with zero attached hydrogens (tertiary/aromatic N) is 1. The van der Waals surface area contributed by atoms with Crippen LogP contribution in [0.4, 0.5) is 4.79 Å². The molecule has 1 fully saturated rings. The van der Waals surface area contributed by atoms with Gasteiger partial charge in [-0.25, -0.2) is 4.79 Å². The first-order valence-electron chi connectivity index (χ1n) is 5.38. The Morgan fingerprint density at radius 1 is 1.38 bits per heavy atom. The maximum Gasteiger partial charge on any atom is 0.404 e. The van der Waals surface area contributed by atoms with Crippen LogP contribution in [0.2, 0.25) is 0 Å². The van der Waals surface area contributed by atoms with Gasteiger partial charge >= 0.3 is 6.09 Å². The molecule has 6 nitrogen and oxygen atoms in total. The first-order valence-corrected chi connectivity index (χ1v) is 5.38. The van der Waals surface area contributed by atoms with E-state index >= 15 is 0 Å². The fraction of sp³-hybridized carbons (Fsp3) is 0.800. The lowest BCUT2D eigenvalue weighted by molar-refractivity contribution is -0.134. The van der Waals surface area contributed by atoms with Crippen molar-refractivity contribution >= 4 is 12.0 Å². The summed E-state index contributed by atoms with van der Waals surface area (Å²) in [5.41, 5.74) is 5.82. The van der Waals surface area contributed by atoms with Gasteiger partial charge in [-0.15, -0.1) is 0 Å². The number of carbonyl (C=O) groups excluding carboxylic acids is 1. The van der Waals surface area contributed by atoms with Crippen molar-refractivity contribution in [2.75, 3.05) is 14.1 Å². The standard InChI is InChI=1S/C10H19N3O3/c1-13(2)9(14)6-3-4-7(11)8(5-6)12-10(15)16/h6-8,12H,3-5,11H2,1-2H3,(H,15,16)/t6-,7+,8+/m0/s1. The van der Waals surface area contributed by atoms with Crippen LogP contribution < -0.4 is 11.1 Å². The van der Waals surface area contributed by atoms with Crippen molar-refractivity contribution in [1.82, 2.24) is 10.2 Å². The first kappa shape index (κ1) is 12.8. The summed E-state index contributed by atoms with van der Waals surface area (Å²) in [7, 11) is 3.41. The zero-order valence-corrected chi connectivity index (χ0v) is 9.64. The minimum Gasteiger partial charge on any atom is -0.465 e. The van der Waals surface area contributed by atoms with E-state index in [1.54, 1.807) is 19.0 Å². The summed E-state index contributed by atoms with van der Waals surface area (Å²) in [6, 6.07) is -0.512. The summed E-state index contributed by atoms with van der Waals surface area (Å²) < 4.78 is 0. The van der Waals surface area contributed by atoms with Crippen LogP contribution in [0.15, 0.2) is 0 Å². The maximum atomic E-state index is 11.7. The van der Waals surface area contributed by atoms with Gasteiger partial charge in [0.1, 0.15) is 0 Å². The van der Waals surface area contributed by atoms with Gasteiger partial charge in [-0.2, -0.15) is 0 Å². The van der Waals surface area contributed by atoms with Crippen LogP contribution in [0.5, 0.6) is 0 Å². The van der Waals surface area contributed by atoms with E-state index in [0.29, 0.717) is 12.8 Å². The second kappa shape index (κ2) is 5.16. The van der Waals surface area contributed by atoms with E-state index in [9.17, 15) is 9.59 Å². The van der Waals surface area contributed by atoms with E-state index < -0.39 is 6.09 Å². The zero-order chi connectivity index (χ0) is 12.3. The highest BCUT2D eigenvalue weighted by molar-refractivity contribution is 5.78. The Bertz CT molecular complexity index is 280. The Kier molecular flexibility index (Phi) is 4.12. The van der Waals surface area contributed by atoms with E-state index in [1.165, 1.54) is 0 Å². The summed E-state index contributed by atoms with van der Waals surface area (Å²) in [5, 5.41) is 11.0. The Morgan fingerprint density at radius 3 is 2.50 bits per heavy atom. The van der Waals surface area contributed by atoms with Crippen molar-refractivity contribution in [2.45, 2.75) is 31.3 Å². The molecule has 1 aliphatic carbocycles. The average molecular weight is 229 g/mol. The van der Waals surface area contributed by atoms with Crippen LogP contribution >= 0.6 is 0 Å². The fourth-order valence-corrected chi connectivity index (χ4v) is 2.11. The van der Waals surface area contributed by atoms with Gasteiger partial charge in [-0.3, -0.25) is 4.79 Å². The molecule has 0 aromatic rings. The van der Waals surface area contributed by atoms with Crippen LogP contribution in [0.3, 0.4) is 0 Å². The molecule has 92 valence electrons. The van der Waals surface area contributed by atoms with Crippen LogP contribution in [-0.4, -0.2) is 48.2 Å². The molecule has 2 amide bonds. The summed E-state index contributed by atoms with van der Waals surface area (Å²) in [6.07, 6.45) is 0.814. The van der Waals surface area contributed by atoms with E-state index in [1.807, 2.05) is 0 Å². The third kappa shape index (κ3) is 3.10. The van der Waals surface area contributed by atoms with Crippen molar-refractivity contribution < 1.29 is 14.7 Å². The third-order valence-electron chi connectivity index (χ3n) is 3.00. The number of nitrogens with two attached hydrogens (primary N) is 1. The van der Waals surface area contributed by atoms with Gasteiger partial charge in [-0.1, -0.05) is 0 Å². The monoisotopic (exact) mass is 229 g/mol. The lowest BCUT2D eigenvalue weighted by Gasteiger charge is -2.34. The minimum absolute atomic E-state index is 0.0455. The molecule has 0 aromatic heterocycles. The van der Waals surface area contributed by atoms with Crippen LogP contribution in [0.25, 0.3) is 0 Å². The quantitative estimate of drug-likeness (QED) is 0.613. The van der Waals surface area contributed by atoms with Crippen molar-refractivity contribution in [3.05, 3.63) is 0 Å². The second-order valence-corrected chi connectivity index (χ2v) is 4.46. The smallest absolute Gasteiger partial charge is 0.404 e. The summed E-state index contributed by atoms with van der Waals surface area (Å²) in [4.78, 5) is 23.8. The molecule has 0 radical (unpaired) electrons. The molecule has 0 heterocycles. The molecular weight excluding hydrogens is 210 g/mol. The number of hydrogen-bond acceptors (Lipinski definition) is 3. The van der Waals surface area contributed by atoms with Crippen LogP contribution in [0, 0.1) is 5.92 Å². The number of nitrogens with one attached hydrogen (secondary N) is 1. The zero-order valence-electron chi connectivity index (χ0n) is 9.64. The van der Waals surface area contributed by atoms with E-state index in [2.05, 4.69) is 5.32 Å². The highest BCUT2D eigenvalue weighted by Crippen LogP contribution is 2.25.